The van der Waals surface area contributed by atoms with Gasteiger partial charge in [-0.2, -0.15) is 8.78 Å². The average Bonchev–Trinajstić information content (AvgIpc) is 2.48. The van der Waals surface area contributed by atoms with Crippen LogP contribution in [0.5, 0.6) is 5.75 Å². The SMILES string of the molecule is COc1ccc(Br)cc1S(=O)(=O)Nc1ccc(SC(F)F)cc1. The molecule has 1 N–H and O–H groups in total. The van der Waals surface area contributed by atoms with Crippen LogP contribution in [0.2, 0.25) is 0 Å². The molecule has 2 rings (SSSR count). The third-order valence-corrected chi connectivity index (χ3v) is 5.37. The largest absolute Gasteiger partial charge is 0.495 e. The first-order valence-corrected chi connectivity index (χ1v) is 9.38. The summed E-state index contributed by atoms with van der Waals surface area (Å²) in [5, 5.41) is 0. The van der Waals surface area contributed by atoms with Crippen LogP contribution in [0, 0.1) is 0 Å². The summed E-state index contributed by atoms with van der Waals surface area (Å²) in [5.74, 6) is -2.32. The molecule has 0 radical (unpaired) electrons. The van der Waals surface area contributed by atoms with Crippen molar-refractivity contribution in [3.8, 4) is 5.75 Å². The van der Waals surface area contributed by atoms with Gasteiger partial charge in [0.1, 0.15) is 10.6 Å². The van der Waals surface area contributed by atoms with Crippen LogP contribution in [-0.2, 0) is 10.0 Å². The summed E-state index contributed by atoms with van der Waals surface area (Å²) < 4.78 is 57.5. The molecule has 0 heterocycles. The van der Waals surface area contributed by atoms with Crippen LogP contribution in [0.25, 0.3) is 0 Å². The Hall–Kier alpha value is -1.32. The monoisotopic (exact) mass is 423 g/mol. The van der Waals surface area contributed by atoms with Gasteiger partial charge in [0, 0.05) is 15.1 Å². The summed E-state index contributed by atoms with van der Waals surface area (Å²) in [6.07, 6.45) is 0. The number of benzene rings is 2. The molecule has 2 aromatic carbocycles. The topological polar surface area (TPSA) is 55.4 Å². The molecular formula is C14H12BrF2NO3S2. The predicted molar refractivity (Wildman–Crippen MR) is 89.8 cm³/mol. The van der Waals surface area contributed by atoms with Crippen molar-refractivity contribution in [3.05, 3.63) is 46.9 Å². The van der Waals surface area contributed by atoms with Crippen molar-refractivity contribution in [2.24, 2.45) is 0 Å². The van der Waals surface area contributed by atoms with Gasteiger partial charge in [-0.25, -0.2) is 8.42 Å². The maximum atomic E-state index is 12.5. The smallest absolute Gasteiger partial charge is 0.288 e. The lowest BCUT2D eigenvalue weighted by Gasteiger charge is -2.12. The van der Waals surface area contributed by atoms with Gasteiger partial charge in [0.25, 0.3) is 15.8 Å². The molecule has 2 aromatic rings. The van der Waals surface area contributed by atoms with Crippen LogP contribution < -0.4 is 9.46 Å². The van der Waals surface area contributed by atoms with E-state index in [0.717, 1.165) is 0 Å². The number of nitrogens with one attached hydrogen (secondary N) is 1. The van der Waals surface area contributed by atoms with Crippen LogP contribution in [-0.4, -0.2) is 21.3 Å². The van der Waals surface area contributed by atoms with E-state index in [9.17, 15) is 17.2 Å². The summed E-state index contributed by atoms with van der Waals surface area (Å²) in [5.41, 5.74) is 0.269. The van der Waals surface area contributed by atoms with Crippen molar-refractivity contribution in [1.82, 2.24) is 0 Å². The Morgan fingerprint density at radius 2 is 1.83 bits per heavy atom. The molecule has 0 aliphatic rings. The maximum absolute atomic E-state index is 12.5. The third kappa shape index (κ3) is 4.82. The van der Waals surface area contributed by atoms with E-state index in [-0.39, 0.29) is 16.3 Å². The van der Waals surface area contributed by atoms with E-state index in [0.29, 0.717) is 21.1 Å². The highest BCUT2D eigenvalue weighted by Gasteiger charge is 2.20. The second-order valence-electron chi connectivity index (χ2n) is 4.30. The lowest BCUT2D eigenvalue weighted by Crippen LogP contribution is -2.14. The van der Waals surface area contributed by atoms with Gasteiger partial charge in [0.15, 0.2) is 0 Å². The molecular weight excluding hydrogens is 412 g/mol. The number of hydrogen-bond donors (Lipinski definition) is 1. The fourth-order valence-corrected chi connectivity index (χ4v) is 4.04. The van der Waals surface area contributed by atoms with Gasteiger partial charge in [-0.1, -0.05) is 27.7 Å². The van der Waals surface area contributed by atoms with E-state index < -0.39 is 15.8 Å². The normalized spacial score (nSPS) is 11.5. The minimum atomic E-state index is -3.87. The standard InChI is InChI=1S/C14H12BrF2NO3S2/c1-21-12-7-2-9(15)8-13(12)23(19,20)18-10-3-5-11(6-4-10)22-14(16)17/h2-8,14,18H,1H3. The Kier molecular flexibility index (Phi) is 5.88. The van der Waals surface area contributed by atoms with E-state index in [1.807, 2.05) is 0 Å². The van der Waals surface area contributed by atoms with Crippen LogP contribution in [0.4, 0.5) is 14.5 Å². The maximum Gasteiger partial charge on any atom is 0.288 e. The van der Waals surface area contributed by atoms with Crippen molar-refractivity contribution < 1.29 is 21.9 Å². The quantitative estimate of drug-likeness (QED) is 0.691. The number of sulfonamides is 1. The summed E-state index contributed by atoms with van der Waals surface area (Å²) >= 11 is 3.61. The first kappa shape index (κ1) is 18.0. The molecule has 0 saturated heterocycles. The van der Waals surface area contributed by atoms with Gasteiger partial charge in [-0.15, -0.1) is 0 Å². The Labute approximate surface area is 145 Å². The lowest BCUT2D eigenvalue weighted by atomic mass is 10.3. The van der Waals surface area contributed by atoms with Crippen LogP contribution in [0.1, 0.15) is 0 Å². The van der Waals surface area contributed by atoms with Crippen LogP contribution in [0.3, 0.4) is 0 Å². The van der Waals surface area contributed by atoms with Crippen molar-refractivity contribution in [1.29, 1.82) is 0 Å². The lowest BCUT2D eigenvalue weighted by molar-refractivity contribution is 0.252. The van der Waals surface area contributed by atoms with Gasteiger partial charge in [0.2, 0.25) is 0 Å². The van der Waals surface area contributed by atoms with Gasteiger partial charge in [0.05, 0.1) is 7.11 Å². The van der Waals surface area contributed by atoms with E-state index in [2.05, 4.69) is 20.7 Å². The minimum absolute atomic E-state index is 0.0274. The van der Waals surface area contributed by atoms with Crippen molar-refractivity contribution in [3.63, 3.8) is 0 Å². The molecule has 23 heavy (non-hydrogen) atoms. The number of rotatable bonds is 6. The Morgan fingerprint density at radius 3 is 2.39 bits per heavy atom. The van der Waals surface area contributed by atoms with Gasteiger partial charge in [-0.3, -0.25) is 4.72 Å². The number of alkyl halides is 2. The molecule has 0 fully saturated rings. The summed E-state index contributed by atoms with van der Waals surface area (Å²) in [7, 11) is -2.50. The number of halogens is 3. The predicted octanol–water partition coefficient (Wildman–Crippen LogP) is 4.57. The van der Waals surface area contributed by atoms with Crippen LogP contribution in [0.15, 0.2) is 56.7 Å². The third-order valence-electron chi connectivity index (χ3n) is 2.75. The molecule has 4 nitrogen and oxygen atoms in total. The molecule has 0 aliphatic heterocycles. The molecule has 0 bridgehead atoms. The molecule has 124 valence electrons. The Bertz CT molecular complexity index is 783. The number of ether oxygens (including phenoxy) is 1. The molecule has 0 aliphatic carbocycles. The molecule has 0 saturated carbocycles. The summed E-state index contributed by atoms with van der Waals surface area (Å²) in [4.78, 5) is 0.323. The van der Waals surface area contributed by atoms with Crippen molar-refractivity contribution in [2.75, 3.05) is 11.8 Å². The zero-order valence-electron chi connectivity index (χ0n) is 11.8. The average molecular weight is 424 g/mol. The van der Waals surface area contributed by atoms with E-state index >= 15 is 0 Å². The van der Waals surface area contributed by atoms with E-state index in [4.69, 9.17) is 4.74 Å². The van der Waals surface area contributed by atoms with E-state index in [1.165, 1.54) is 43.5 Å². The summed E-state index contributed by atoms with van der Waals surface area (Å²) in [6.45, 7) is 0. The number of methoxy groups -OCH3 is 1. The molecule has 0 unspecified atom stereocenters. The van der Waals surface area contributed by atoms with Crippen molar-refractivity contribution in [2.45, 2.75) is 15.5 Å². The Balaban J connectivity index is 2.26. The molecule has 0 atom stereocenters. The zero-order valence-corrected chi connectivity index (χ0v) is 15.0. The highest BCUT2D eigenvalue weighted by Crippen LogP contribution is 2.30. The van der Waals surface area contributed by atoms with Gasteiger partial charge in [-0.05, 0) is 42.5 Å². The fraction of sp³-hybridized carbons (Fsp3) is 0.143. The highest BCUT2D eigenvalue weighted by molar-refractivity contribution is 9.10. The molecule has 0 aromatic heterocycles. The molecule has 0 amide bonds. The molecule has 9 heteroatoms. The second kappa shape index (κ2) is 7.50. The van der Waals surface area contributed by atoms with Gasteiger partial charge >= 0.3 is 0 Å². The number of thioether (sulfide) groups is 1. The minimum Gasteiger partial charge on any atom is -0.495 e. The number of hydrogen-bond acceptors (Lipinski definition) is 4. The zero-order chi connectivity index (χ0) is 17.0. The van der Waals surface area contributed by atoms with Gasteiger partial charge < -0.3 is 4.74 Å². The first-order valence-electron chi connectivity index (χ1n) is 6.23. The summed E-state index contributed by atoms with van der Waals surface area (Å²) in [6, 6.07) is 10.3. The first-order chi connectivity index (χ1) is 10.8. The fourth-order valence-electron chi connectivity index (χ4n) is 1.78. The van der Waals surface area contributed by atoms with Crippen LogP contribution >= 0.6 is 27.7 Å². The van der Waals surface area contributed by atoms with E-state index in [1.54, 1.807) is 6.07 Å². The highest BCUT2D eigenvalue weighted by atomic mass is 79.9. The second-order valence-corrected chi connectivity index (χ2v) is 7.93. The van der Waals surface area contributed by atoms with Crippen molar-refractivity contribution >= 4 is 43.4 Å². The molecule has 0 spiro atoms. The number of anilines is 1. The Morgan fingerprint density at radius 1 is 1.17 bits per heavy atom.